The maximum atomic E-state index is 13.8. The Morgan fingerprint density at radius 2 is 2.02 bits per heavy atom. The van der Waals surface area contributed by atoms with Crippen molar-refractivity contribution in [2.24, 2.45) is 5.92 Å². The van der Waals surface area contributed by atoms with Crippen molar-refractivity contribution in [2.75, 3.05) is 7.11 Å². The number of hydrogen-bond acceptors (Lipinski definition) is 5. The highest BCUT2D eigenvalue weighted by Gasteiger charge is 2.30. The number of benzene rings is 1. The molecule has 3 rings (SSSR count). The highest BCUT2D eigenvalue weighted by Crippen LogP contribution is 2.29. The Morgan fingerprint density at radius 1 is 1.30 bits per heavy atom. The lowest BCUT2D eigenvalue weighted by molar-refractivity contribution is -0.132. The summed E-state index contributed by atoms with van der Waals surface area (Å²) >= 11 is 3.59. The molecule has 10 heteroatoms. The van der Waals surface area contributed by atoms with Gasteiger partial charge in [0.25, 0.3) is 0 Å². The van der Waals surface area contributed by atoms with Gasteiger partial charge in [0.1, 0.15) is 11.4 Å². The Labute approximate surface area is 268 Å². The number of ether oxygens (including phenoxy) is 1. The molecule has 3 aromatic rings. The van der Waals surface area contributed by atoms with E-state index in [1.54, 1.807) is 36.7 Å². The molecule has 1 aromatic carbocycles. The Morgan fingerprint density at radius 3 is 2.64 bits per heavy atom. The fourth-order valence-electron chi connectivity index (χ4n) is 4.94. The first kappa shape index (κ1) is 34.4. The first-order chi connectivity index (χ1) is 21.0. The number of aromatic nitrogens is 4. The topological polar surface area (TPSA) is 89.0 Å². The van der Waals surface area contributed by atoms with E-state index < -0.39 is 17.3 Å². The van der Waals surface area contributed by atoms with Crippen molar-refractivity contribution in [1.82, 2.24) is 24.0 Å². The van der Waals surface area contributed by atoms with Gasteiger partial charge in [0.15, 0.2) is 0 Å². The van der Waals surface area contributed by atoms with E-state index in [1.807, 2.05) is 66.4 Å². The van der Waals surface area contributed by atoms with Crippen LogP contribution in [0.2, 0.25) is 0 Å². The number of carbonyl (C=O) groups is 1. The van der Waals surface area contributed by atoms with Crippen molar-refractivity contribution < 1.29 is 13.9 Å². The minimum atomic E-state index is -0.849. The molecule has 3 unspecified atom stereocenters. The Kier molecular flexibility index (Phi) is 12.2. The van der Waals surface area contributed by atoms with Crippen LogP contribution in [-0.4, -0.2) is 48.7 Å². The Bertz CT molecular complexity index is 1570. The van der Waals surface area contributed by atoms with Crippen LogP contribution >= 0.6 is 15.9 Å². The SMILES string of the molecule is C=CC(C)N(Cc1nc(-c2ccccc2Br)cn1CCC(=C)F)C(=O)Cc1cncn1C/C(C)=C/C(C)(OC)C(C#N)C=C. The number of carbonyl (C=O) groups excluding carboxylic acids is 1. The molecule has 3 atom stereocenters. The summed E-state index contributed by atoms with van der Waals surface area (Å²) in [6, 6.07) is 9.67. The van der Waals surface area contributed by atoms with Gasteiger partial charge in [-0.2, -0.15) is 5.26 Å². The maximum absolute atomic E-state index is 13.8. The quantitative estimate of drug-likeness (QED) is 0.151. The van der Waals surface area contributed by atoms with Gasteiger partial charge in [0, 0.05) is 60.8 Å². The second-order valence-corrected chi connectivity index (χ2v) is 11.7. The smallest absolute Gasteiger partial charge is 0.229 e. The molecule has 8 nitrogen and oxygen atoms in total. The molecule has 0 saturated carbocycles. The molecule has 0 bridgehead atoms. The zero-order valence-electron chi connectivity index (χ0n) is 25.8. The van der Waals surface area contributed by atoms with Crippen LogP contribution in [0.4, 0.5) is 4.39 Å². The fourth-order valence-corrected chi connectivity index (χ4v) is 5.43. The van der Waals surface area contributed by atoms with Crippen LogP contribution in [-0.2, 0) is 35.6 Å². The number of nitrogens with zero attached hydrogens (tertiary/aromatic N) is 6. The number of rotatable bonds is 16. The molecule has 0 fully saturated rings. The third-order valence-corrected chi connectivity index (χ3v) is 8.31. The zero-order chi connectivity index (χ0) is 32.4. The van der Waals surface area contributed by atoms with Crippen LogP contribution < -0.4 is 0 Å². The van der Waals surface area contributed by atoms with Gasteiger partial charge in [-0.05, 0) is 26.8 Å². The number of hydrogen-bond donors (Lipinski definition) is 0. The van der Waals surface area contributed by atoms with Crippen molar-refractivity contribution in [3.8, 4) is 17.3 Å². The normalized spacial score (nSPS) is 14.2. The van der Waals surface area contributed by atoms with E-state index in [4.69, 9.17) is 9.72 Å². The summed E-state index contributed by atoms with van der Waals surface area (Å²) in [5.74, 6) is -0.458. The summed E-state index contributed by atoms with van der Waals surface area (Å²) in [5, 5.41) is 9.55. The minimum absolute atomic E-state index is 0.0968. The predicted molar refractivity (Wildman–Crippen MR) is 175 cm³/mol. The van der Waals surface area contributed by atoms with Crippen molar-refractivity contribution in [3.05, 3.63) is 108 Å². The molecule has 44 heavy (non-hydrogen) atoms. The van der Waals surface area contributed by atoms with Crippen molar-refractivity contribution >= 4 is 21.8 Å². The highest BCUT2D eigenvalue weighted by atomic mass is 79.9. The first-order valence-corrected chi connectivity index (χ1v) is 15.1. The molecule has 2 aromatic heterocycles. The van der Waals surface area contributed by atoms with E-state index in [-0.39, 0.29) is 31.3 Å². The van der Waals surface area contributed by atoms with E-state index >= 15 is 0 Å². The molecule has 0 N–H and O–H groups in total. The predicted octanol–water partition coefficient (Wildman–Crippen LogP) is 7.21. The summed E-state index contributed by atoms with van der Waals surface area (Å²) in [4.78, 5) is 24.7. The average Bonchev–Trinajstić information content (AvgIpc) is 3.60. The van der Waals surface area contributed by atoms with E-state index in [0.29, 0.717) is 24.6 Å². The summed E-state index contributed by atoms with van der Waals surface area (Å²) in [6.07, 6.45) is 10.7. The van der Waals surface area contributed by atoms with Gasteiger partial charge in [-0.1, -0.05) is 64.5 Å². The number of allylic oxidation sites excluding steroid dienone is 2. The number of nitriles is 1. The molecule has 1 amide bonds. The average molecular weight is 664 g/mol. The van der Waals surface area contributed by atoms with Gasteiger partial charge in [-0.3, -0.25) is 4.79 Å². The van der Waals surface area contributed by atoms with Crippen LogP contribution in [0.15, 0.2) is 96.8 Å². The number of aryl methyl sites for hydroxylation is 1. The van der Waals surface area contributed by atoms with Gasteiger partial charge >= 0.3 is 0 Å². The number of halogens is 2. The van der Waals surface area contributed by atoms with Gasteiger partial charge in [0.05, 0.1) is 42.8 Å². The monoisotopic (exact) mass is 662 g/mol. The summed E-state index contributed by atoms with van der Waals surface area (Å²) < 4.78 is 24.0. The van der Waals surface area contributed by atoms with Gasteiger partial charge in [-0.25, -0.2) is 14.4 Å². The van der Waals surface area contributed by atoms with E-state index in [1.165, 1.54) is 0 Å². The molecular formula is C34H40BrFN6O2. The van der Waals surface area contributed by atoms with Crippen molar-refractivity contribution in [3.63, 3.8) is 0 Å². The number of methoxy groups -OCH3 is 1. The molecule has 0 spiro atoms. The van der Waals surface area contributed by atoms with E-state index in [2.05, 4.69) is 46.7 Å². The highest BCUT2D eigenvalue weighted by molar-refractivity contribution is 9.10. The van der Waals surface area contributed by atoms with Gasteiger partial charge < -0.3 is 18.8 Å². The second-order valence-electron chi connectivity index (χ2n) is 10.9. The third kappa shape index (κ3) is 8.52. The van der Waals surface area contributed by atoms with Crippen LogP contribution in [0.25, 0.3) is 11.3 Å². The standard InChI is InChI=1S/C34H40BrFN6O2/c1-8-26(5)42(22-32-39-31(21-40(32)15-14-25(4)36)29-12-10-11-13-30(29)35)33(43)16-28-19-38-23-41(28)20-24(3)17-34(6,44-7)27(9-2)18-37/h8-13,17,19,21,23,26-27H,1-2,4,14-16,20,22H2,3,5-7H3/b24-17+. The lowest BCUT2D eigenvalue weighted by Gasteiger charge is -2.29. The second kappa shape index (κ2) is 15.6. The van der Waals surface area contributed by atoms with Crippen molar-refractivity contribution in [1.29, 1.82) is 5.26 Å². The molecule has 0 aliphatic heterocycles. The number of imidazole rings is 2. The molecule has 0 saturated heterocycles. The first-order valence-electron chi connectivity index (χ1n) is 14.3. The summed E-state index contributed by atoms with van der Waals surface area (Å²) in [7, 11) is 1.56. The molecule has 0 aliphatic rings. The van der Waals surface area contributed by atoms with Crippen LogP contribution in [0.3, 0.4) is 0 Å². The number of amides is 1. The van der Waals surface area contributed by atoms with Gasteiger partial charge in [0.2, 0.25) is 5.91 Å². The maximum Gasteiger partial charge on any atom is 0.229 e. The molecule has 232 valence electrons. The Balaban J connectivity index is 1.88. The molecule has 0 aliphatic carbocycles. The zero-order valence-corrected chi connectivity index (χ0v) is 27.4. The van der Waals surface area contributed by atoms with Crippen LogP contribution in [0.5, 0.6) is 0 Å². The van der Waals surface area contributed by atoms with E-state index in [0.717, 1.165) is 21.3 Å². The summed E-state index contributed by atoms with van der Waals surface area (Å²) in [5.41, 5.74) is 2.43. The lowest BCUT2D eigenvalue weighted by atomic mass is 9.88. The van der Waals surface area contributed by atoms with Crippen LogP contribution in [0, 0.1) is 17.2 Å². The lowest BCUT2D eigenvalue weighted by Crippen LogP contribution is -2.39. The largest absolute Gasteiger partial charge is 0.373 e. The molecule has 0 radical (unpaired) electrons. The Hall–Kier alpha value is -4.07. The molecule has 2 heterocycles. The summed E-state index contributed by atoms with van der Waals surface area (Å²) in [6.45, 7) is 17.8. The minimum Gasteiger partial charge on any atom is -0.373 e. The van der Waals surface area contributed by atoms with Crippen molar-refractivity contribution in [2.45, 2.75) is 64.9 Å². The molecular weight excluding hydrogens is 623 g/mol. The fraction of sp³-hybridized carbons (Fsp3) is 0.353. The van der Waals surface area contributed by atoms with Gasteiger partial charge in [-0.15, -0.1) is 13.2 Å². The third-order valence-electron chi connectivity index (χ3n) is 7.61. The van der Waals surface area contributed by atoms with E-state index in [9.17, 15) is 14.4 Å². The van der Waals surface area contributed by atoms with Crippen LogP contribution in [0.1, 0.15) is 38.7 Å².